The van der Waals surface area contributed by atoms with Crippen LogP contribution < -0.4 is 10.2 Å². The molecule has 2 aliphatic rings. The molecule has 1 amide bonds. The van der Waals surface area contributed by atoms with E-state index in [9.17, 15) is 14.7 Å². The number of ether oxygens (including phenoxy) is 1. The molecule has 0 unspecified atom stereocenters. The predicted molar refractivity (Wildman–Crippen MR) is 110 cm³/mol. The maximum absolute atomic E-state index is 12.7. The summed E-state index contributed by atoms with van der Waals surface area (Å²) < 4.78 is 5.28. The van der Waals surface area contributed by atoms with Crippen molar-refractivity contribution in [1.29, 1.82) is 0 Å². The summed E-state index contributed by atoms with van der Waals surface area (Å²) >= 11 is 1.30. The minimum Gasteiger partial charge on any atom is -0.478 e. The number of nitrogens with zero attached hydrogens (tertiary/aromatic N) is 1. The molecule has 0 radical (unpaired) electrons. The first kappa shape index (κ1) is 19.0. The molecule has 1 aliphatic heterocycles. The van der Waals surface area contributed by atoms with E-state index in [1.807, 2.05) is 17.5 Å². The van der Waals surface area contributed by atoms with E-state index in [2.05, 4.69) is 10.2 Å². The summed E-state index contributed by atoms with van der Waals surface area (Å²) in [7, 11) is 1.71. The fourth-order valence-electron chi connectivity index (χ4n) is 4.02. The number of anilines is 2. The molecule has 1 aromatic heterocycles. The van der Waals surface area contributed by atoms with Gasteiger partial charge < -0.3 is 20.1 Å². The van der Waals surface area contributed by atoms with Crippen LogP contribution in [0.2, 0.25) is 0 Å². The van der Waals surface area contributed by atoms with E-state index in [4.69, 9.17) is 4.74 Å². The predicted octanol–water partition coefficient (Wildman–Crippen LogP) is 4.19. The summed E-state index contributed by atoms with van der Waals surface area (Å²) in [6, 6.07) is 7.38. The number of aromatic carboxylic acids is 1. The van der Waals surface area contributed by atoms with Gasteiger partial charge in [0, 0.05) is 31.5 Å². The Kier molecular flexibility index (Phi) is 5.37. The number of carboxylic acids is 1. The second-order valence-electron chi connectivity index (χ2n) is 7.45. The monoisotopic (exact) mass is 400 g/mol. The number of amides is 1. The number of methoxy groups -OCH3 is 1. The molecule has 2 aromatic rings. The van der Waals surface area contributed by atoms with Crippen molar-refractivity contribution in [2.24, 2.45) is 0 Å². The van der Waals surface area contributed by atoms with Gasteiger partial charge in [-0.2, -0.15) is 0 Å². The topological polar surface area (TPSA) is 78.9 Å². The molecule has 4 rings (SSSR count). The summed E-state index contributed by atoms with van der Waals surface area (Å²) in [5.74, 6) is -0.966. The van der Waals surface area contributed by atoms with Crippen molar-refractivity contribution in [3.63, 3.8) is 0 Å². The molecule has 6 nitrogen and oxygen atoms in total. The number of hydrogen-bond donors (Lipinski definition) is 2. The number of thiophene rings is 1. The molecule has 0 atom stereocenters. The van der Waals surface area contributed by atoms with E-state index in [1.165, 1.54) is 11.3 Å². The molecule has 1 saturated heterocycles. The van der Waals surface area contributed by atoms with Gasteiger partial charge in [0.1, 0.15) is 5.00 Å². The lowest BCUT2D eigenvalue weighted by Gasteiger charge is -2.40. The minimum atomic E-state index is -0.973. The number of nitrogens with one attached hydrogen (secondary N) is 1. The molecule has 2 heterocycles. The normalized spacial score (nSPS) is 17.5. The third-order valence-electron chi connectivity index (χ3n) is 5.73. The van der Waals surface area contributed by atoms with Crippen LogP contribution in [-0.4, -0.2) is 43.3 Å². The lowest BCUT2D eigenvalue weighted by molar-refractivity contribution is 0.0696. The molecule has 1 saturated carbocycles. The fraction of sp³-hybridized carbons (Fsp3) is 0.429. The first-order chi connectivity index (χ1) is 13.6. The lowest BCUT2D eigenvalue weighted by atomic mass is 9.96. The summed E-state index contributed by atoms with van der Waals surface area (Å²) in [5, 5.41) is 14.8. The highest BCUT2D eigenvalue weighted by Gasteiger charge is 2.28. The molecule has 1 aliphatic carbocycles. The number of carbonyl (C=O) groups excluding carboxylic acids is 1. The first-order valence-electron chi connectivity index (χ1n) is 9.60. The molecule has 1 aromatic carbocycles. The van der Waals surface area contributed by atoms with Crippen molar-refractivity contribution < 1.29 is 19.4 Å². The van der Waals surface area contributed by atoms with Gasteiger partial charge in [-0.1, -0.05) is 12.8 Å². The Bertz CT molecular complexity index is 865. The van der Waals surface area contributed by atoms with Crippen LogP contribution in [-0.2, 0) is 4.74 Å². The van der Waals surface area contributed by atoms with Gasteiger partial charge in [0.2, 0.25) is 0 Å². The van der Waals surface area contributed by atoms with Gasteiger partial charge in [0.05, 0.1) is 11.7 Å². The SMILES string of the molecule is COC1CN(c2ccc(C(=O)Nc3scc(C4CCCC4)c3C(=O)O)cc2)C1. The van der Waals surface area contributed by atoms with Crippen LogP contribution in [0.1, 0.15) is 57.9 Å². The Morgan fingerprint density at radius 2 is 1.86 bits per heavy atom. The molecular formula is C21H24N2O4S. The van der Waals surface area contributed by atoms with Crippen LogP contribution in [0.3, 0.4) is 0 Å². The van der Waals surface area contributed by atoms with Crippen LogP contribution in [0, 0.1) is 0 Å². The summed E-state index contributed by atoms with van der Waals surface area (Å²) in [6.45, 7) is 1.70. The molecule has 2 N–H and O–H groups in total. The Balaban J connectivity index is 1.47. The molecule has 7 heteroatoms. The van der Waals surface area contributed by atoms with Crippen LogP contribution in [0.4, 0.5) is 10.7 Å². The van der Waals surface area contributed by atoms with Gasteiger partial charge in [-0.25, -0.2) is 4.79 Å². The molecule has 28 heavy (non-hydrogen) atoms. The van der Waals surface area contributed by atoms with Crippen LogP contribution >= 0.6 is 11.3 Å². The average Bonchev–Trinajstić information content (AvgIpc) is 3.30. The Hall–Kier alpha value is -2.38. The maximum Gasteiger partial charge on any atom is 0.339 e. The molecule has 148 valence electrons. The fourth-order valence-corrected chi connectivity index (χ4v) is 5.05. The van der Waals surface area contributed by atoms with E-state index in [0.29, 0.717) is 16.5 Å². The Labute approximate surface area is 168 Å². The quantitative estimate of drug-likeness (QED) is 0.760. The Morgan fingerprint density at radius 3 is 2.46 bits per heavy atom. The van der Waals surface area contributed by atoms with E-state index >= 15 is 0 Å². The standard InChI is InChI=1S/C21H24N2O4S/c1-27-16-10-23(11-16)15-8-6-14(7-9-15)19(24)22-20-18(21(25)26)17(12-28-20)13-4-2-3-5-13/h6-9,12-13,16H,2-5,10-11H2,1H3,(H,22,24)(H,25,26). The average molecular weight is 401 g/mol. The van der Waals surface area contributed by atoms with Gasteiger partial charge in [0.25, 0.3) is 5.91 Å². The molecular weight excluding hydrogens is 376 g/mol. The van der Waals surface area contributed by atoms with Crippen molar-refractivity contribution >= 4 is 33.9 Å². The molecule has 0 spiro atoms. The van der Waals surface area contributed by atoms with Gasteiger partial charge in [-0.15, -0.1) is 11.3 Å². The molecule has 2 fully saturated rings. The van der Waals surface area contributed by atoms with Gasteiger partial charge in [-0.05, 0) is 54.0 Å². The second kappa shape index (κ2) is 7.93. The Morgan fingerprint density at radius 1 is 1.18 bits per heavy atom. The van der Waals surface area contributed by atoms with Crippen molar-refractivity contribution in [1.82, 2.24) is 0 Å². The zero-order valence-electron chi connectivity index (χ0n) is 15.8. The summed E-state index contributed by atoms with van der Waals surface area (Å²) in [5.41, 5.74) is 2.69. The third-order valence-corrected chi connectivity index (χ3v) is 6.65. The summed E-state index contributed by atoms with van der Waals surface area (Å²) in [4.78, 5) is 26.7. The zero-order valence-corrected chi connectivity index (χ0v) is 16.6. The van der Waals surface area contributed by atoms with Crippen LogP contribution in [0.25, 0.3) is 0 Å². The van der Waals surface area contributed by atoms with E-state index < -0.39 is 5.97 Å². The van der Waals surface area contributed by atoms with E-state index in [1.54, 1.807) is 19.2 Å². The highest BCUT2D eigenvalue weighted by molar-refractivity contribution is 7.15. The number of carbonyl (C=O) groups is 2. The van der Waals surface area contributed by atoms with E-state index in [-0.39, 0.29) is 17.6 Å². The minimum absolute atomic E-state index is 0.257. The van der Waals surface area contributed by atoms with Gasteiger partial charge in [-0.3, -0.25) is 4.79 Å². The highest BCUT2D eigenvalue weighted by Crippen LogP contribution is 2.41. The number of rotatable bonds is 6. The number of carboxylic acid groups (broad SMARTS) is 1. The van der Waals surface area contributed by atoms with Crippen molar-refractivity contribution in [3.05, 3.63) is 46.3 Å². The zero-order chi connectivity index (χ0) is 19.7. The number of hydrogen-bond acceptors (Lipinski definition) is 5. The van der Waals surface area contributed by atoms with E-state index in [0.717, 1.165) is 50.0 Å². The second-order valence-corrected chi connectivity index (χ2v) is 8.33. The van der Waals surface area contributed by atoms with Crippen LogP contribution in [0.5, 0.6) is 0 Å². The van der Waals surface area contributed by atoms with Gasteiger partial charge >= 0.3 is 5.97 Å². The lowest BCUT2D eigenvalue weighted by Crippen LogP contribution is -2.51. The van der Waals surface area contributed by atoms with Crippen LogP contribution in [0.15, 0.2) is 29.6 Å². The van der Waals surface area contributed by atoms with Gasteiger partial charge in [0.15, 0.2) is 0 Å². The number of benzene rings is 1. The van der Waals surface area contributed by atoms with Crippen molar-refractivity contribution in [2.45, 2.75) is 37.7 Å². The smallest absolute Gasteiger partial charge is 0.339 e. The van der Waals surface area contributed by atoms with Crippen molar-refractivity contribution in [3.8, 4) is 0 Å². The molecule has 0 bridgehead atoms. The first-order valence-corrected chi connectivity index (χ1v) is 10.5. The summed E-state index contributed by atoms with van der Waals surface area (Å²) in [6.07, 6.45) is 4.58. The highest BCUT2D eigenvalue weighted by atomic mass is 32.1. The largest absolute Gasteiger partial charge is 0.478 e. The maximum atomic E-state index is 12.7. The third kappa shape index (κ3) is 3.64. The van der Waals surface area contributed by atoms with Crippen molar-refractivity contribution in [2.75, 3.05) is 30.4 Å².